The smallest absolute Gasteiger partial charge is 0.338 e. The van der Waals surface area contributed by atoms with E-state index in [0.29, 0.717) is 0 Å². The van der Waals surface area contributed by atoms with E-state index in [1.54, 1.807) is 18.2 Å². The van der Waals surface area contributed by atoms with Crippen LogP contribution in [-0.2, 0) is 199 Å². The fourth-order valence-electron chi connectivity index (χ4n) is 15.7. The number of methoxy groups -OCH3 is 12. The summed E-state index contributed by atoms with van der Waals surface area (Å²) in [5.74, 6) is -8.37. The molecule has 7 saturated heterocycles. The van der Waals surface area contributed by atoms with Crippen LogP contribution >= 0.6 is 0 Å². The lowest BCUT2D eigenvalue weighted by Crippen LogP contribution is -2.69. The molecule has 1 aromatic carbocycles. The molecule has 47 nitrogen and oxygen atoms in total. The molecule has 124 heavy (non-hydrogen) atoms. The molecule has 1 aromatic rings. The normalized spacial score (nSPS) is 37.4. The average molecular weight is 1790 g/mol. The van der Waals surface area contributed by atoms with Gasteiger partial charge in [0.1, 0.15) is 161 Å². The zero-order valence-corrected chi connectivity index (χ0v) is 72.4. The molecule has 8 rings (SSSR count). The molecule has 35 atom stereocenters. The third kappa shape index (κ3) is 26.0. The maximum absolute atomic E-state index is 14.1. The number of hydrogen-bond acceptors (Lipinski definition) is 45. The predicted molar refractivity (Wildman–Crippen MR) is 402 cm³/mol. The maximum Gasteiger partial charge on any atom is 0.338 e. The van der Waals surface area contributed by atoms with Crippen molar-refractivity contribution in [2.75, 3.05) is 132 Å². The van der Waals surface area contributed by atoms with Gasteiger partial charge in [0.15, 0.2) is 74.6 Å². The first kappa shape index (κ1) is 102. The summed E-state index contributed by atoms with van der Waals surface area (Å²) in [6.07, 6.45) is -50.2. The molecule has 0 amide bonds. The molecule has 18 unspecified atom stereocenters. The van der Waals surface area contributed by atoms with Crippen molar-refractivity contribution in [1.29, 1.82) is 0 Å². The molecule has 0 spiro atoms. The third-order valence-electron chi connectivity index (χ3n) is 20.8. The fourth-order valence-corrected chi connectivity index (χ4v) is 15.7. The summed E-state index contributed by atoms with van der Waals surface area (Å²) >= 11 is 0. The summed E-state index contributed by atoms with van der Waals surface area (Å²) in [7, 11) is 16.3. The lowest BCUT2D eigenvalue weighted by Gasteiger charge is -2.52. The maximum atomic E-state index is 14.1. The SMILES string of the molecule is COCC1O[C@@H](O[C@@H]2C(COC(C)=O)O[C@@H](O)[C@@H](N=[N+]=[N-])C2OC)C(OC)C(OC)[C@@H]1O[C@H]1OC(COC)[C@@H](O[C@@H]2OC(COC)[C@@H](O[C@@H]3OC(COC(=O)c4ccccc4)[C@@H](O[C@@H]4OC(COC(C)=O)[C@@H](O[C@H]5OC(COC(C)=O)[C@H](OC(C)=O)C(OC(C)=O)C5OC(C)=O)C(OC(C)=O)C4OC(C)=O)C(OC)[C@@H]3OC)C(OC)[C@@H]2OC)C(OC)C1OC. The number of azide groups is 1. The van der Waals surface area contributed by atoms with E-state index in [1.165, 1.54) is 104 Å². The van der Waals surface area contributed by atoms with Crippen LogP contribution in [0.5, 0.6) is 0 Å². The van der Waals surface area contributed by atoms with Crippen molar-refractivity contribution < 1.29 is 209 Å². The molecule has 0 saturated carbocycles. The zero-order chi connectivity index (χ0) is 90.9. The standard InChI is InChI=1S/C77H115N3O44/c1-33(81)103-29-45-50(57(94-12)49(79-80-78)71(90)112-45)119-72-64(99-17)58(95-13)51(42(113-72)26-91-9)120-73-65(100-18)59(96-14)52(43(114-73)27-92-10)121-74-66(101-19)60(97-15)53(44(115-74)28-93-11)122-75-67(102-20)61(98-16)54(48(116-75)32-106-70(89)41-24-22-21-23-25-41)123-76-69(111-40(8)88)63(109-38(6)86)56(47(118-76)31-105-35(3)83)124-77-68(110-39(7)87)62(108-37(5)85)55(107-36(4)84)46(117-77)30-104-34(2)82/h21-25,42-69,71-77,90H,26-32H2,1-20H3/t42?,43?,44?,45?,46?,47?,48?,49-,50+,51+,52+,53+,54+,55-,56+,57?,58?,59?,60?,61?,62?,63?,64?,65?,66-,67-,68?,69?,71+,72-,73+,74-,75-,76-,77+/m0/s1. The Morgan fingerprint density at radius 1 is 0.298 bits per heavy atom. The molecule has 0 aromatic heterocycles. The Balaban J connectivity index is 1.11. The number of hydrogen-bond donors (Lipinski definition) is 1. The highest BCUT2D eigenvalue weighted by Crippen LogP contribution is 2.43. The Bertz CT molecular complexity index is 3610. The minimum absolute atomic E-state index is 0.0972. The molecule has 7 aliphatic heterocycles. The predicted octanol–water partition coefficient (Wildman–Crippen LogP) is -0.678. The van der Waals surface area contributed by atoms with Crippen LogP contribution in [0.1, 0.15) is 65.7 Å². The average Bonchev–Trinajstić information content (AvgIpc) is 0.772. The van der Waals surface area contributed by atoms with Gasteiger partial charge in [-0.25, -0.2) is 4.79 Å². The van der Waals surface area contributed by atoms with Crippen LogP contribution in [0.3, 0.4) is 0 Å². The van der Waals surface area contributed by atoms with E-state index in [1.807, 2.05) is 0 Å². The van der Waals surface area contributed by atoms with E-state index in [-0.39, 0.29) is 25.4 Å². The van der Waals surface area contributed by atoms with Crippen LogP contribution in [0.25, 0.3) is 10.4 Å². The Hall–Kier alpha value is -7.28. The Labute approximate surface area is 714 Å². The second-order valence-electron chi connectivity index (χ2n) is 29.0. The molecule has 7 fully saturated rings. The summed E-state index contributed by atoms with van der Waals surface area (Å²) < 4.78 is 210. The topological polar surface area (TPSA) is 536 Å². The summed E-state index contributed by atoms with van der Waals surface area (Å²) in [5, 5.41) is 14.7. The van der Waals surface area contributed by atoms with Gasteiger partial charge in [-0.3, -0.25) is 38.4 Å². The largest absolute Gasteiger partial charge is 0.463 e. The van der Waals surface area contributed by atoms with Crippen molar-refractivity contribution in [3.8, 4) is 0 Å². The van der Waals surface area contributed by atoms with Crippen molar-refractivity contribution in [2.24, 2.45) is 5.11 Å². The van der Waals surface area contributed by atoms with E-state index in [2.05, 4.69) is 10.0 Å². The third-order valence-corrected chi connectivity index (χ3v) is 20.8. The number of rotatable bonds is 42. The van der Waals surface area contributed by atoms with Gasteiger partial charge >= 0.3 is 53.7 Å². The highest BCUT2D eigenvalue weighted by molar-refractivity contribution is 5.89. The van der Waals surface area contributed by atoms with E-state index >= 15 is 0 Å². The second kappa shape index (κ2) is 49.3. The lowest BCUT2D eigenvalue weighted by atomic mass is 9.94. The molecule has 47 heteroatoms. The number of ether oxygens (including phenoxy) is 34. The van der Waals surface area contributed by atoms with Gasteiger partial charge < -0.3 is 166 Å². The van der Waals surface area contributed by atoms with Gasteiger partial charge in [0.2, 0.25) is 0 Å². The van der Waals surface area contributed by atoms with Gasteiger partial charge in [0.05, 0.1) is 31.5 Å². The van der Waals surface area contributed by atoms with Crippen molar-refractivity contribution in [1.82, 2.24) is 0 Å². The van der Waals surface area contributed by atoms with Gasteiger partial charge in [-0.2, -0.15) is 0 Å². The number of carbonyl (C=O) groups is 9. The summed E-state index contributed by atoms with van der Waals surface area (Å²) in [5.41, 5.74) is 9.58. The van der Waals surface area contributed by atoms with Crippen molar-refractivity contribution >= 4 is 53.7 Å². The van der Waals surface area contributed by atoms with Crippen molar-refractivity contribution in [2.45, 2.75) is 270 Å². The van der Waals surface area contributed by atoms with Crippen LogP contribution in [0.2, 0.25) is 0 Å². The Kier molecular flexibility index (Phi) is 40.6. The van der Waals surface area contributed by atoms with Gasteiger partial charge in [0, 0.05) is 146 Å². The van der Waals surface area contributed by atoms with Crippen molar-refractivity contribution in [3.05, 3.63) is 46.3 Å². The molecule has 0 radical (unpaired) electrons. The summed E-state index contributed by atoms with van der Waals surface area (Å²) in [4.78, 5) is 120. The van der Waals surface area contributed by atoms with Crippen LogP contribution in [-0.4, -0.2) is 405 Å². The highest BCUT2D eigenvalue weighted by Gasteiger charge is 2.63. The minimum Gasteiger partial charge on any atom is -0.463 e. The first-order valence-electron chi connectivity index (χ1n) is 39.3. The zero-order valence-electron chi connectivity index (χ0n) is 72.4. The van der Waals surface area contributed by atoms with Crippen molar-refractivity contribution in [3.63, 3.8) is 0 Å². The number of aliphatic hydroxyl groups excluding tert-OH is 1. The number of benzene rings is 1. The molecule has 7 heterocycles. The minimum atomic E-state index is -2.03. The van der Waals surface area contributed by atoms with E-state index in [9.17, 15) is 53.8 Å². The summed E-state index contributed by atoms with van der Waals surface area (Å²) in [6.45, 7) is 4.91. The molecule has 702 valence electrons. The van der Waals surface area contributed by atoms with Crippen LogP contribution in [0.4, 0.5) is 0 Å². The number of nitrogens with zero attached hydrogens (tertiary/aromatic N) is 3. The molecule has 1 N–H and O–H groups in total. The fraction of sp³-hybridized carbons (Fsp3) is 0.805. The number of esters is 9. The van der Waals surface area contributed by atoms with Crippen LogP contribution in [0.15, 0.2) is 35.4 Å². The Morgan fingerprint density at radius 2 is 0.540 bits per heavy atom. The quantitative estimate of drug-likeness (QED) is 0.0279. The molecule has 0 aliphatic carbocycles. The van der Waals surface area contributed by atoms with Crippen LogP contribution < -0.4 is 0 Å². The molecular formula is C77H115N3O44. The second-order valence-corrected chi connectivity index (χ2v) is 29.0. The van der Waals surface area contributed by atoms with Gasteiger partial charge in [-0.1, -0.05) is 23.3 Å². The van der Waals surface area contributed by atoms with E-state index < -0.39 is 295 Å². The monoisotopic (exact) mass is 1790 g/mol. The van der Waals surface area contributed by atoms with E-state index in [4.69, 9.17) is 161 Å². The molecule has 7 aliphatic rings. The lowest BCUT2D eigenvalue weighted by molar-refractivity contribution is -0.402. The molecule has 0 bridgehead atoms. The first-order valence-corrected chi connectivity index (χ1v) is 39.3. The highest BCUT2D eigenvalue weighted by atomic mass is 16.8. The van der Waals surface area contributed by atoms with Gasteiger partial charge in [0.25, 0.3) is 0 Å². The van der Waals surface area contributed by atoms with Gasteiger partial charge in [-0.15, -0.1) is 0 Å². The van der Waals surface area contributed by atoms with Gasteiger partial charge in [-0.05, 0) is 17.7 Å². The number of aliphatic hydroxyl groups is 1. The molecular weight excluding hydrogens is 1670 g/mol. The summed E-state index contributed by atoms with van der Waals surface area (Å²) in [6, 6.07) is 6.47. The first-order chi connectivity index (χ1) is 59.3. The van der Waals surface area contributed by atoms with E-state index in [0.717, 1.165) is 48.5 Å². The van der Waals surface area contributed by atoms with Crippen LogP contribution in [0, 0.1) is 0 Å². The Morgan fingerprint density at radius 3 is 0.823 bits per heavy atom. The number of carbonyl (C=O) groups excluding carboxylic acids is 9.